The van der Waals surface area contributed by atoms with Crippen LogP contribution in [0.2, 0.25) is 0 Å². The van der Waals surface area contributed by atoms with E-state index in [4.69, 9.17) is 4.74 Å². The van der Waals surface area contributed by atoms with Gasteiger partial charge in [-0.15, -0.1) is 0 Å². The summed E-state index contributed by atoms with van der Waals surface area (Å²) in [4.78, 5) is 16.2. The van der Waals surface area contributed by atoms with Gasteiger partial charge in [0.15, 0.2) is 0 Å². The van der Waals surface area contributed by atoms with Crippen LogP contribution < -0.4 is 19.9 Å². The number of nitrogens with zero attached hydrogens (tertiary/aromatic N) is 4. The Hall–Kier alpha value is -2.67. The number of amides is 1. The maximum Gasteiger partial charge on any atom is 0.227 e. The summed E-state index contributed by atoms with van der Waals surface area (Å²) in [5, 5.41) is 12.5. The number of aryl methyl sites for hydroxylation is 1. The molecular formula is C25H35N5O2. The van der Waals surface area contributed by atoms with Gasteiger partial charge in [-0.25, -0.2) is 0 Å². The lowest BCUT2D eigenvalue weighted by atomic mass is 9.79. The van der Waals surface area contributed by atoms with Gasteiger partial charge in [0, 0.05) is 49.3 Å². The predicted octanol–water partition coefficient (Wildman–Crippen LogP) is 3.81. The summed E-state index contributed by atoms with van der Waals surface area (Å²) in [5.74, 6) is 0.826. The van der Waals surface area contributed by atoms with E-state index in [1.807, 2.05) is 19.3 Å². The molecule has 0 aliphatic carbocycles. The quantitative estimate of drug-likeness (QED) is 0.784. The SMILES string of the molecule is COc1cc2c(cc1-c1cc(N(C)C3CC(C)(C)NC(C)(C)C3)cnn1)CCC(=O)N2C. The summed E-state index contributed by atoms with van der Waals surface area (Å²) in [6.07, 6.45) is 5.18. The molecule has 7 nitrogen and oxygen atoms in total. The lowest BCUT2D eigenvalue weighted by Gasteiger charge is -2.49. The Kier molecular flexibility index (Phi) is 5.65. The summed E-state index contributed by atoms with van der Waals surface area (Å²) in [6, 6.07) is 6.53. The molecule has 0 bridgehead atoms. The average Bonchev–Trinajstić information content (AvgIpc) is 2.73. The number of carbonyl (C=O) groups is 1. The Labute approximate surface area is 191 Å². The van der Waals surface area contributed by atoms with Crippen molar-refractivity contribution in [3.63, 3.8) is 0 Å². The molecular weight excluding hydrogens is 402 g/mol. The summed E-state index contributed by atoms with van der Waals surface area (Å²) < 4.78 is 5.69. The first-order chi connectivity index (χ1) is 15.0. The summed E-state index contributed by atoms with van der Waals surface area (Å²) in [5.41, 5.74) is 4.89. The molecule has 1 fully saturated rings. The van der Waals surface area contributed by atoms with Crippen molar-refractivity contribution in [2.45, 2.75) is 70.5 Å². The Balaban J connectivity index is 1.68. The highest BCUT2D eigenvalue weighted by molar-refractivity contribution is 5.97. The maximum atomic E-state index is 12.1. The smallest absolute Gasteiger partial charge is 0.227 e. The van der Waals surface area contributed by atoms with E-state index in [0.29, 0.717) is 18.2 Å². The molecule has 1 aromatic carbocycles. The molecule has 32 heavy (non-hydrogen) atoms. The van der Waals surface area contributed by atoms with Crippen molar-refractivity contribution in [1.82, 2.24) is 15.5 Å². The number of nitrogens with one attached hydrogen (secondary N) is 1. The van der Waals surface area contributed by atoms with Crippen LogP contribution in [0.4, 0.5) is 11.4 Å². The largest absolute Gasteiger partial charge is 0.496 e. The van der Waals surface area contributed by atoms with E-state index in [0.717, 1.165) is 47.5 Å². The van der Waals surface area contributed by atoms with Gasteiger partial charge in [-0.2, -0.15) is 10.2 Å². The number of ether oxygens (including phenoxy) is 1. The first kappa shape index (κ1) is 22.5. The van der Waals surface area contributed by atoms with E-state index in [-0.39, 0.29) is 17.0 Å². The topological polar surface area (TPSA) is 70.6 Å². The molecule has 1 aromatic heterocycles. The Morgan fingerprint density at radius 1 is 1.12 bits per heavy atom. The van der Waals surface area contributed by atoms with Crippen molar-refractivity contribution in [1.29, 1.82) is 0 Å². The third-order valence-corrected chi connectivity index (χ3v) is 6.78. The number of aromatic nitrogens is 2. The van der Waals surface area contributed by atoms with Crippen LogP contribution in [0.1, 0.15) is 52.5 Å². The van der Waals surface area contributed by atoms with Crippen molar-refractivity contribution in [2.24, 2.45) is 0 Å². The molecule has 0 radical (unpaired) electrons. The van der Waals surface area contributed by atoms with Gasteiger partial charge in [0.05, 0.1) is 30.4 Å². The van der Waals surface area contributed by atoms with Crippen LogP contribution in [0.15, 0.2) is 24.4 Å². The number of hydrogen-bond acceptors (Lipinski definition) is 6. The van der Waals surface area contributed by atoms with Crippen molar-refractivity contribution < 1.29 is 9.53 Å². The zero-order valence-corrected chi connectivity index (χ0v) is 20.3. The van der Waals surface area contributed by atoms with Crippen molar-refractivity contribution in [3.8, 4) is 17.0 Å². The summed E-state index contributed by atoms with van der Waals surface area (Å²) in [7, 11) is 5.61. The van der Waals surface area contributed by atoms with Gasteiger partial charge >= 0.3 is 0 Å². The van der Waals surface area contributed by atoms with E-state index in [9.17, 15) is 4.79 Å². The molecule has 1 N–H and O–H groups in total. The number of benzene rings is 1. The first-order valence-electron chi connectivity index (χ1n) is 11.3. The maximum absolute atomic E-state index is 12.1. The number of rotatable bonds is 4. The number of anilines is 2. The van der Waals surface area contributed by atoms with Crippen LogP contribution in [0, 0.1) is 0 Å². The van der Waals surface area contributed by atoms with Crippen molar-refractivity contribution in [3.05, 3.63) is 30.0 Å². The normalized spacial score (nSPS) is 20.1. The van der Waals surface area contributed by atoms with Gasteiger partial charge < -0.3 is 19.9 Å². The Morgan fingerprint density at radius 3 is 2.47 bits per heavy atom. The molecule has 1 amide bonds. The molecule has 0 atom stereocenters. The third kappa shape index (κ3) is 4.31. The minimum Gasteiger partial charge on any atom is -0.496 e. The van der Waals surface area contributed by atoms with Crippen LogP contribution in [0.25, 0.3) is 11.3 Å². The van der Waals surface area contributed by atoms with E-state index < -0.39 is 0 Å². The number of piperidine rings is 1. The molecule has 0 unspecified atom stereocenters. The molecule has 3 heterocycles. The van der Waals surface area contributed by atoms with E-state index in [2.05, 4.69) is 67.3 Å². The molecule has 4 rings (SSSR count). The van der Waals surface area contributed by atoms with Crippen LogP contribution in [-0.4, -0.2) is 54.4 Å². The standard InChI is InChI=1S/C25H35N5O2/c1-24(2)13-18(14-25(3,4)28-24)29(5)17-11-20(27-26-15-17)19-10-16-8-9-23(31)30(6)21(16)12-22(19)32-7/h10-12,15,18,28H,8-9,13-14H2,1-7H3. The lowest BCUT2D eigenvalue weighted by Crippen LogP contribution is -2.61. The highest BCUT2D eigenvalue weighted by atomic mass is 16.5. The zero-order valence-electron chi connectivity index (χ0n) is 20.3. The van der Waals surface area contributed by atoms with E-state index in [1.165, 1.54) is 0 Å². The summed E-state index contributed by atoms with van der Waals surface area (Å²) >= 11 is 0. The van der Waals surface area contributed by atoms with Gasteiger partial charge in [0.2, 0.25) is 5.91 Å². The van der Waals surface area contributed by atoms with Gasteiger partial charge in [-0.05, 0) is 64.7 Å². The van der Waals surface area contributed by atoms with E-state index in [1.54, 1.807) is 12.0 Å². The molecule has 2 aliphatic rings. The fraction of sp³-hybridized carbons (Fsp3) is 0.560. The second-order valence-electron chi connectivity index (χ2n) is 10.5. The first-order valence-corrected chi connectivity index (χ1v) is 11.3. The van der Waals surface area contributed by atoms with Gasteiger partial charge in [-0.1, -0.05) is 0 Å². The number of methoxy groups -OCH3 is 1. The van der Waals surface area contributed by atoms with Gasteiger partial charge in [0.25, 0.3) is 0 Å². The highest BCUT2D eigenvalue weighted by Crippen LogP contribution is 2.39. The van der Waals surface area contributed by atoms with Crippen molar-refractivity contribution >= 4 is 17.3 Å². The van der Waals surface area contributed by atoms with Gasteiger partial charge in [-0.3, -0.25) is 4.79 Å². The molecule has 172 valence electrons. The molecule has 7 heteroatoms. The minimum atomic E-state index is 0.0646. The second kappa shape index (κ2) is 8.03. The molecule has 0 spiro atoms. The fourth-order valence-corrected chi connectivity index (χ4v) is 5.47. The summed E-state index contributed by atoms with van der Waals surface area (Å²) in [6.45, 7) is 9.07. The monoisotopic (exact) mass is 437 g/mol. The number of carbonyl (C=O) groups excluding carboxylic acids is 1. The average molecular weight is 438 g/mol. The zero-order chi connectivity index (χ0) is 23.3. The molecule has 0 saturated carbocycles. The lowest BCUT2D eigenvalue weighted by molar-refractivity contribution is -0.118. The minimum absolute atomic E-state index is 0.0646. The second-order valence-corrected chi connectivity index (χ2v) is 10.5. The number of hydrogen-bond donors (Lipinski definition) is 1. The van der Waals surface area contributed by atoms with Crippen LogP contribution in [-0.2, 0) is 11.2 Å². The van der Waals surface area contributed by atoms with Crippen LogP contribution in [0.5, 0.6) is 5.75 Å². The Bertz CT molecular complexity index is 1020. The van der Waals surface area contributed by atoms with Crippen LogP contribution >= 0.6 is 0 Å². The molecule has 1 saturated heterocycles. The van der Waals surface area contributed by atoms with Gasteiger partial charge in [0.1, 0.15) is 5.75 Å². The predicted molar refractivity (Wildman–Crippen MR) is 128 cm³/mol. The van der Waals surface area contributed by atoms with Crippen LogP contribution in [0.3, 0.4) is 0 Å². The molecule has 2 aromatic rings. The fourth-order valence-electron chi connectivity index (χ4n) is 5.47. The number of fused-ring (bicyclic) bond motifs is 1. The Morgan fingerprint density at radius 2 is 1.81 bits per heavy atom. The van der Waals surface area contributed by atoms with E-state index >= 15 is 0 Å². The highest BCUT2D eigenvalue weighted by Gasteiger charge is 2.39. The van der Waals surface area contributed by atoms with Crippen molar-refractivity contribution in [2.75, 3.05) is 31.0 Å². The third-order valence-electron chi connectivity index (χ3n) is 6.78. The molecule has 2 aliphatic heterocycles.